The van der Waals surface area contributed by atoms with Gasteiger partial charge in [-0.15, -0.1) is 10.2 Å². The van der Waals surface area contributed by atoms with Gasteiger partial charge in [-0.25, -0.2) is 18.6 Å². The van der Waals surface area contributed by atoms with Gasteiger partial charge in [-0.05, 0) is 157 Å². The number of nitrogens with zero attached hydrogens (tertiary/aromatic N) is 3. The van der Waals surface area contributed by atoms with Crippen molar-refractivity contribution in [2.45, 2.75) is 78.6 Å². The average Bonchev–Trinajstić information content (AvgIpc) is 1.61. The third-order valence-electron chi connectivity index (χ3n) is 9.66. The molecule has 0 unspecified atom stereocenters. The number of carboxylic acids is 1. The lowest BCUT2D eigenvalue weighted by atomic mass is 9.81. The predicted octanol–water partition coefficient (Wildman–Crippen LogP) is 8.15. The zero-order chi connectivity index (χ0) is 60.6. The quantitative estimate of drug-likeness (QED) is 0.0327. The van der Waals surface area contributed by atoms with Gasteiger partial charge in [0.05, 0.1) is 10.7 Å². The molecule has 2 N–H and O–H groups in total. The Hall–Kier alpha value is -10.4. The molecule has 4 rings (SSSR count). The third kappa shape index (κ3) is 30.5. The summed E-state index contributed by atoms with van der Waals surface area (Å²) in [7, 11) is -4.94. The maximum Gasteiger partial charge on any atom is 0.303 e. The zero-order valence-electron chi connectivity index (χ0n) is 45.1. The molecule has 2 aromatic rings. The molecular formula is C64H78Cl2N4O12. The van der Waals surface area contributed by atoms with E-state index < -0.39 is 16.2 Å². The van der Waals surface area contributed by atoms with Crippen LogP contribution in [0.25, 0.3) is 0 Å². The lowest BCUT2D eigenvalue weighted by Crippen LogP contribution is -2.68. The molecule has 0 spiro atoms. The summed E-state index contributed by atoms with van der Waals surface area (Å²) in [5.41, 5.74) is 13.4. The number of nitrogens with one attached hydrogen (secondary N) is 1. The molecule has 0 fully saturated rings. The van der Waals surface area contributed by atoms with Crippen LogP contribution in [0, 0.1) is 193 Å². The van der Waals surface area contributed by atoms with E-state index in [0.717, 1.165) is 13.0 Å². The molecule has 440 valence electrons. The third-order valence-corrected chi connectivity index (χ3v) is 9.71. The highest BCUT2D eigenvalue weighted by Gasteiger charge is 2.43. The molecule has 0 bridgehead atoms. The second-order valence-electron chi connectivity index (χ2n) is 15.6. The number of aliphatic carboxylic acids is 1. The maximum absolute atomic E-state index is 11.1. The van der Waals surface area contributed by atoms with E-state index in [0.29, 0.717) is 13.0 Å². The molecule has 0 aromatic heterocycles. The number of halogens is 2. The van der Waals surface area contributed by atoms with Gasteiger partial charge in [0.1, 0.15) is 18.4 Å². The first kappa shape index (κ1) is 69.6. The van der Waals surface area contributed by atoms with Crippen LogP contribution in [0.2, 0.25) is 0 Å². The van der Waals surface area contributed by atoms with Gasteiger partial charge in [0.25, 0.3) is 0 Å². The Morgan fingerprint density at radius 2 is 1.06 bits per heavy atom. The van der Waals surface area contributed by atoms with Gasteiger partial charge in [0.2, 0.25) is 5.69 Å². The number of hydrogen-bond donors (Lipinski definition) is 2. The van der Waals surface area contributed by atoms with E-state index in [1.165, 1.54) is 33.9 Å². The summed E-state index contributed by atoms with van der Waals surface area (Å²) in [5.74, 6) is 74.9. The first-order valence-corrected chi connectivity index (χ1v) is 24.9. The van der Waals surface area contributed by atoms with Crippen molar-refractivity contribution in [3.8, 4) is 178 Å². The number of rotatable bonds is 15. The SMILES string of the molecule is CC#CC#CC#CC#CC#CC#CC#CC#CC#CC#CC#CC#CC#CC#CC#CC.CCC[N+]1=C(/C=C/C=C/C=C2/N(CCCC(=O)O)c3ccccc3C2(C)C)C(C)(C)c2ccccc21.N=NOOOOOOCl.[HH].[HH].[HH].[HH].[HH].[HH].[HH].[HH].[HH].[HH].[HH].[HH].[HH].[HH].[HH].[HH].[O-][Cl+3]([O-])([O-])[O-]. The van der Waals surface area contributed by atoms with Crippen LogP contribution >= 0.6 is 11.9 Å². The summed E-state index contributed by atoms with van der Waals surface area (Å²) in [6.45, 7) is 16.4. The second-order valence-corrected chi connectivity index (χ2v) is 16.5. The molecule has 0 amide bonds. The van der Waals surface area contributed by atoms with E-state index in [1.54, 1.807) is 13.8 Å². The van der Waals surface area contributed by atoms with E-state index in [4.69, 9.17) is 29.3 Å². The molecule has 0 aliphatic carbocycles. The Balaban J connectivity index is -0.0000000721. The molecule has 16 nitrogen and oxygen atoms in total. The van der Waals surface area contributed by atoms with Crippen molar-refractivity contribution in [2.75, 3.05) is 18.0 Å². The van der Waals surface area contributed by atoms with Gasteiger partial charge in [-0.2, -0.15) is 15.1 Å². The molecule has 2 aliphatic heterocycles. The van der Waals surface area contributed by atoms with E-state index >= 15 is 0 Å². The minimum absolute atomic E-state index is 0. The highest BCUT2D eigenvalue weighted by Crippen LogP contribution is 2.47. The van der Waals surface area contributed by atoms with Gasteiger partial charge >= 0.3 is 5.97 Å². The Morgan fingerprint density at radius 3 is 1.48 bits per heavy atom. The smallest absolute Gasteiger partial charge is 0.303 e. The van der Waals surface area contributed by atoms with Crippen LogP contribution in [0.1, 0.15) is 102 Å². The maximum atomic E-state index is 11.1. The monoisotopic (exact) mass is 1160 g/mol. The Morgan fingerprint density at radius 1 is 0.646 bits per heavy atom. The van der Waals surface area contributed by atoms with Crippen molar-refractivity contribution < 1.29 is 95.8 Å². The molecule has 2 aromatic carbocycles. The fraction of sp³-hybridized carbons (Fsp3) is 0.219. The number of allylic oxidation sites excluding steroid dienone is 6. The minimum Gasteiger partial charge on any atom is -0.481 e. The van der Waals surface area contributed by atoms with Crippen LogP contribution in [0.5, 0.6) is 0 Å². The summed E-state index contributed by atoms with van der Waals surface area (Å²) in [6, 6.07) is 17.2. The van der Waals surface area contributed by atoms with Crippen LogP contribution in [0.3, 0.4) is 0 Å². The summed E-state index contributed by atoms with van der Waals surface area (Å²) < 4.78 is 39.8. The minimum atomic E-state index is -4.94. The van der Waals surface area contributed by atoms with E-state index in [2.05, 4.69) is 347 Å². The second kappa shape index (κ2) is 42.6. The molecule has 2 aliphatic rings. The number of hydrogen-bond acceptors (Lipinski definition) is 14. The lowest BCUT2D eigenvalue weighted by molar-refractivity contribution is -2.00. The molecule has 18 heteroatoms. The molecule has 0 saturated carbocycles. The van der Waals surface area contributed by atoms with Crippen LogP contribution < -0.4 is 23.5 Å². The molecule has 0 atom stereocenters. The van der Waals surface area contributed by atoms with Gasteiger partial charge in [0, 0.05) is 158 Å². The number of benzene rings is 2. The summed E-state index contributed by atoms with van der Waals surface area (Å²) in [5, 5.41) is 25.1. The van der Waals surface area contributed by atoms with E-state index in [1.807, 2.05) is 0 Å². The Bertz CT molecular complexity index is 3670. The number of carboxylic acid groups (broad SMARTS) is 1. The normalized spacial score (nSPS) is 11.6. The van der Waals surface area contributed by atoms with E-state index in [9.17, 15) is 4.79 Å². The largest absolute Gasteiger partial charge is 0.481 e. The number of fused-ring (bicyclic) bond motifs is 2. The van der Waals surface area contributed by atoms with E-state index in [-0.39, 0.29) is 40.1 Å². The summed E-state index contributed by atoms with van der Waals surface area (Å²) in [4.78, 5) is 16.8. The van der Waals surface area contributed by atoms with Crippen LogP contribution in [-0.2, 0) is 45.2 Å². The lowest BCUT2D eigenvalue weighted by Gasteiger charge is -2.26. The fourth-order valence-electron chi connectivity index (χ4n) is 6.73. The van der Waals surface area contributed by atoms with Crippen molar-refractivity contribution in [3.63, 3.8) is 0 Å². The van der Waals surface area contributed by atoms with Gasteiger partial charge in [-0.3, -0.25) is 4.79 Å². The van der Waals surface area contributed by atoms with Crippen molar-refractivity contribution in [3.05, 3.63) is 95.7 Å². The summed E-state index contributed by atoms with van der Waals surface area (Å²) >= 11 is 4.43. The highest BCUT2D eigenvalue weighted by molar-refractivity contribution is 6.06. The molecule has 82 heavy (non-hydrogen) atoms. The van der Waals surface area contributed by atoms with Crippen molar-refractivity contribution in [1.82, 2.24) is 0 Å². The van der Waals surface area contributed by atoms with Gasteiger partial charge in [-0.1, -0.05) is 91.7 Å². The van der Waals surface area contributed by atoms with Crippen LogP contribution in [0.4, 0.5) is 11.4 Å². The van der Waals surface area contributed by atoms with Gasteiger partial charge in [0.15, 0.2) is 5.71 Å². The fourth-order valence-corrected chi connectivity index (χ4v) is 6.75. The van der Waals surface area contributed by atoms with Crippen molar-refractivity contribution in [2.24, 2.45) is 5.28 Å². The van der Waals surface area contributed by atoms with Crippen molar-refractivity contribution in [1.29, 1.82) is 5.53 Å². The standard InChI is InChI=1S/C32H38N2O2.C32H6.ClHN2O6.ClHO4.16H2/c1-6-22-33-26-17-12-10-15-24(26)31(2,3)28(33)19-8-7-9-20-29-32(4,5)25-16-11-13-18-27(25)34(29)23-14-21-30(35)36;1-3-5-7-9-11-13-15-17-19-21-23-25-27-29-31-32-30-28-26-24-22-20-18-16-14-12-10-8-6-4-2;1-4-6-8-9-7-5-3-2;2-1(3,4)5;;;;;;;;;;;;;;;;/h7-13,15-20H,6,14,21-23H2,1-5H3;1-2H3;2H;(H,2,3,4,5);16*1H. The first-order chi connectivity index (χ1) is 39.5. The van der Waals surface area contributed by atoms with Crippen LogP contribution in [-0.4, -0.2) is 34.5 Å². The topological polar surface area (TPSA) is 227 Å². The number of anilines is 1. The number of carbonyl (C=O) groups is 1. The average molecular weight is 1170 g/mol. The highest BCUT2D eigenvalue weighted by atomic mass is 35.7. The molecule has 2 heterocycles. The first-order valence-electron chi connectivity index (χ1n) is 23.3. The van der Waals surface area contributed by atoms with Crippen LogP contribution in [0.15, 0.2) is 89.9 Å². The number of para-hydroxylation sites is 2. The Kier molecular flexibility index (Phi) is 36.2. The van der Waals surface area contributed by atoms with Crippen molar-refractivity contribution >= 4 is 34.9 Å². The molecular weight excluding hydrogens is 1090 g/mol. The predicted molar refractivity (Wildman–Crippen MR) is 329 cm³/mol. The summed E-state index contributed by atoms with van der Waals surface area (Å²) in [6.07, 6.45) is 12.7. The molecule has 0 radical (unpaired) electrons. The van der Waals surface area contributed by atoms with Gasteiger partial charge < -0.3 is 10.0 Å². The zero-order valence-corrected chi connectivity index (χ0v) is 46.6. The molecule has 0 saturated heterocycles. The Labute approximate surface area is 510 Å².